The van der Waals surface area contributed by atoms with Gasteiger partial charge in [-0.1, -0.05) is 23.2 Å². The maximum absolute atomic E-state index is 13.6. The standard InChI is InChI=1S/C19H18Cl2FN5O/c1-4-27(19(28)12-5-6-13(22)17(21)16(12)20)9-15-10(2)18(25-11(3)24-15)14-7-8-23-26-14/h5-8H,4,9H2,1-3H3,(H,23,26). The number of nitrogens with one attached hydrogen (secondary N) is 1. The Bertz CT molecular complexity index is 1020. The molecule has 0 aliphatic rings. The Kier molecular flexibility index (Phi) is 5.96. The molecule has 0 spiro atoms. The second-order valence-corrected chi connectivity index (χ2v) is 6.96. The summed E-state index contributed by atoms with van der Waals surface area (Å²) in [7, 11) is 0. The zero-order valence-corrected chi connectivity index (χ0v) is 17.1. The molecule has 0 radical (unpaired) electrons. The van der Waals surface area contributed by atoms with Crippen LogP contribution in [-0.4, -0.2) is 37.5 Å². The lowest BCUT2D eigenvalue weighted by atomic mass is 10.1. The van der Waals surface area contributed by atoms with Crippen molar-refractivity contribution >= 4 is 29.1 Å². The molecular formula is C19H18Cl2FN5O. The molecule has 3 aromatic rings. The summed E-state index contributed by atoms with van der Waals surface area (Å²) in [6.45, 7) is 6.18. The Morgan fingerprint density at radius 2 is 1.93 bits per heavy atom. The van der Waals surface area contributed by atoms with Crippen LogP contribution in [0.1, 0.15) is 34.4 Å². The van der Waals surface area contributed by atoms with Crippen molar-refractivity contribution in [2.24, 2.45) is 0 Å². The summed E-state index contributed by atoms with van der Waals surface area (Å²) >= 11 is 11.9. The minimum Gasteiger partial charge on any atom is -0.333 e. The first-order valence-electron chi connectivity index (χ1n) is 8.60. The van der Waals surface area contributed by atoms with Crippen molar-refractivity contribution in [3.8, 4) is 11.4 Å². The Balaban J connectivity index is 1.96. The first kappa shape index (κ1) is 20.2. The van der Waals surface area contributed by atoms with E-state index in [2.05, 4.69) is 20.2 Å². The topological polar surface area (TPSA) is 74.8 Å². The number of nitrogens with zero attached hydrogens (tertiary/aromatic N) is 4. The summed E-state index contributed by atoms with van der Waals surface area (Å²) in [4.78, 5) is 23.5. The third kappa shape index (κ3) is 3.86. The predicted molar refractivity (Wildman–Crippen MR) is 106 cm³/mol. The minimum atomic E-state index is -0.669. The summed E-state index contributed by atoms with van der Waals surface area (Å²) in [5, 5.41) is 6.49. The molecule has 6 nitrogen and oxygen atoms in total. The van der Waals surface area contributed by atoms with Gasteiger partial charge in [0.1, 0.15) is 11.6 Å². The molecule has 0 saturated carbocycles. The van der Waals surface area contributed by atoms with E-state index in [-0.39, 0.29) is 28.1 Å². The van der Waals surface area contributed by atoms with E-state index in [9.17, 15) is 9.18 Å². The summed E-state index contributed by atoms with van der Waals surface area (Å²) in [5.41, 5.74) is 3.19. The number of halogens is 3. The molecule has 1 amide bonds. The first-order chi connectivity index (χ1) is 13.3. The number of hydrogen-bond acceptors (Lipinski definition) is 4. The Labute approximate surface area is 171 Å². The van der Waals surface area contributed by atoms with E-state index < -0.39 is 5.82 Å². The van der Waals surface area contributed by atoms with Crippen LogP contribution in [-0.2, 0) is 6.54 Å². The third-order valence-corrected chi connectivity index (χ3v) is 5.25. The number of aryl methyl sites for hydroxylation is 1. The highest BCUT2D eigenvalue weighted by atomic mass is 35.5. The highest BCUT2D eigenvalue weighted by molar-refractivity contribution is 6.43. The lowest BCUT2D eigenvalue weighted by Crippen LogP contribution is -2.31. The first-order valence-corrected chi connectivity index (χ1v) is 9.35. The van der Waals surface area contributed by atoms with Gasteiger partial charge in [0, 0.05) is 18.3 Å². The quantitative estimate of drug-likeness (QED) is 0.611. The molecule has 0 bridgehead atoms. The van der Waals surface area contributed by atoms with Crippen LogP contribution in [0.5, 0.6) is 0 Å². The monoisotopic (exact) mass is 421 g/mol. The fourth-order valence-electron chi connectivity index (χ4n) is 2.86. The van der Waals surface area contributed by atoms with Gasteiger partial charge in [0.05, 0.1) is 39.2 Å². The van der Waals surface area contributed by atoms with E-state index >= 15 is 0 Å². The van der Waals surface area contributed by atoms with Gasteiger partial charge < -0.3 is 4.90 Å². The van der Waals surface area contributed by atoms with Crippen LogP contribution in [0.15, 0.2) is 24.4 Å². The van der Waals surface area contributed by atoms with Crippen LogP contribution in [0, 0.1) is 19.7 Å². The van der Waals surface area contributed by atoms with Crippen molar-refractivity contribution in [1.29, 1.82) is 0 Å². The van der Waals surface area contributed by atoms with E-state index in [1.165, 1.54) is 6.07 Å². The fourth-order valence-corrected chi connectivity index (χ4v) is 3.26. The van der Waals surface area contributed by atoms with Crippen LogP contribution in [0.3, 0.4) is 0 Å². The van der Waals surface area contributed by atoms with Crippen LogP contribution in [0.2, 0.25) is 10.0 Å². The summed E-state index contributed by atoms with van der Waals surface area (Å²) < 4.78 is 13.6. The van der Waals surface area contributed by atoms with Gasteiger partial charge in [0.25, 0.3) is 5.91 Å². The van der Waals surface area contributed by atoms with Gasteiger partial charge in [-0.05, 0) is 39.0 Å². The van der Waals surface area contributed by atoms with E-state index in [4.69, 9.17) is 23.2 Å². The molecule has 2 heterocycles. The lowest BCUT2D eigenvalue weighted by Gasteiger charge is -2.23. The Hall–Kier alpha value is -2.51. The van der Waals surface area contributed by atoms with Crippen LogP contribution in [0.4, 0.5) is 4.39 Å². The molecular weight excluding hydrogens is 404 g/mol. The zero-order chi connectivity index (χ0) is 20.4. The number of hydrogen-bond donors (Lipinski definition) is 1. The second kappa shape index (κ2) is 8.24. The van der Waals surface area contributed by atoms with Crippen molar-refractivity contribution in [3.63, 3.8) is 0 Å². The third-order valence-electron chi connectivity index (χ3n) is 4.39. The number of amides is 1. The second-order valence-electron chi connectivity index (χ2n) is 6.20. The molecule has 28 heavy (non-hydrogen) atoms. The van der Waals surface area contributed by atoms with Gasteiger partial charge in [-0.3, -0.25) is 9.89 Å². The van der Waals surface area contributed by atoms with Crippen LogP contribution in [0.25, 0.3) is 11.4 Å². The van der Waals surface area contributed by atoms with Crippen molar-refractivity contribution < 1.29 is 9.18 Å². The van der Waals surface area contributed by atoms with Gasteiger partial charge in [-0.2, -0.15) is 5.10 Å². The van der Waals surface area contributed by atoms with E-state index in [0.29, 0.717) is 18.1 Å². The molecule has 0 aliphatic carbocycles. The number of aromatic nitrogens is 4. The Morgan fingerprint density at radius 1 is 1.18 bits per heavy atom. The number of rotatable bonds is 5. The largest absolute Gasteiger partial charge is 0.333 e. The normalized spacial score (nSPS) is 10.9. The number of carbonyl (C=O) groups is 1. The molecule has 0 unspecified atom stereocenters. The average molecular weight is 422 g/mol. The molecule has 0 aliphatic heterocycles. The van der Waals surface area contributed by atoms with Gasteiger partial charge in [-0.15, -0.1) is 0 Å². The highest BCUT2D eigenvalue weighted by Gasteiger charge is 2.22. The van der Waals surface area contributed by atoms with Crippen molar-refractivity contribution in [2.75, 3.05) is 6.54 Å². The van der Waals surface area contributed by atoms with E-state index in [1.54, 1.807) is 18.0 Å². The summed E-state index contributed by atoms with van der Waals surface area (Å²) in [5.74, 6) is -0.442. The van der Waals surface area contributed by atoms with Gasteiger partial charge in [0.15, 0.2) is 0 Å². The molecule has 0 saturated heterocycles. The molecule has 1 aromatic carbocycles. The maximum Gasteiger partial charge on any atom is 0.255 e. The number of carbonyl (C=O) groups excluding carboxylic acids is 1. The minimum absolute atomic E-state index is 0.0983. The fraction of sp³-hybridized carbons (Fsp3) is 0.263. The SMILES string of the molecule is CCN(Cc1nc(C)nc(-c2ccn[nH]2)c1C)C(=O)c1ccc(F)c(Cl)c1Cl. The number of aromatic amines is 1. The molecule has 0 atom stereocenters. The molecule has 9 heteroatoms. The molecule has 1 N–H and O–H groups in total. The highest BCUT2D eigenvalue weighted by Crippen LogP contribution is 2.30. The molecule has 2 aromatic heterocycles. The predicted octanol–water partition coefficient (Wildman–Crippen LogP) is 4.59. The van der Waals surface area contributed by atoms with E-state index in [0.717, 1.165) is 23.0 Å². The molecule has 0 fully saturated rings. The average Bonchev–Trinajstić information content (AvgIpc) is 3.20. The molecule has 146 valence electrons. The lowest BCUT2D eigenvalue weighted by molar-refractivity contribution is 0.0750. The smallest absolute Gasteiger partial charge is 0.255 e. The molecule has 3 rings (SSSR count). The van der Waals surface area contributed by atoms with Gasteiger partial charge in [0.2, 0.25) is 0 Å². The van der Waals surface area contributed by atoms with Gasteiger partial charge >= 0.3 is 0 Å². The van der Waals surface area contributed by atoms with Gasteiger partial charge in [-0.25, -0.2) is 14.4 Å². The Morgan fingerprint density at radius 3 is 2.57 bits per heavy atom. The van der Waals surface area contributed by atoms with Crippen LogP contribution >= 0.6 is 23.2 Å². The van der Waals surface area contributed by atoms with Crippen molar-refractivity contribution in [3.05, 3.63) is 62.9 Å². The van der Waals surface area contributed by atoms with Crippen LogP contribution < -0.4 is 0 Å². The number of benzene rings is 1. The van der Waals surface area contributed by atoms with Crippen molar-refractivity contribution in [2.45, 2.75) is 27.3 Å². The van der Waals surface area contributed by atoms with E-state index in [1.807, 2.05) is 19.9 Å². The summed E-state index contributed by atoms with van der Waals surface area (Å²) in [6.07, 6.45) is 1.65. The zero-order valence-electron chi connectivity index (χ0n) is 15.6. The number of H-pyrrole nitrogens is 1. The maximum atomic E-state index is 13.6. The summed E-state index contributed by atoms with van der Waals surface area (Å²) in [6, 6.07) is 4.29. The van der Waals surface area contributed by atoms with Crippen molar-refractivity contribution in [1.82, 2.24) is 25.1 Å².